The van der Waals surface area contributed by atoms with Crippen molar-refractivity contribution in [3.63, 3.8) is 0 Å². The largest absolute Gasteiger partial charge is 0.423 e. The standard InChI is InChI=1S/C13H11NO4S/c1-3-13(15)18-11-6-4-10(5-7-11)8-12(9-14)19(2,16)17/h3-8H,1H2,2H3/b12-8+. The van der Waals surface area contributed by atoms with Gasteiger partial charge in [0.05, 0.1) is 0 Å². The van der Waals surface area contributed by atoms with Crippen LogP contribution in [0.3, 0.4) is 0 Å². The van der Waals surface area contributed by atoms with Gasteiger partial charge in [0.2, 0.25) is 0 Å². The van der Waals surface area contributed by atoms with E-state index in [-0.39, 0.29) is 4.91 Å². The fourth-order valence-electron chi connectivity index (χ4n) is 1.16. The summed E-state index contributed by atoms with van der Waals surface area (Å²) in [4.78, 5) is 10.6. The molecule has 0 aliphatic heterocycles. The Balaban J connectivity index is 3.00. The predicted molar refractivity (Wildman–Crippen MR) is 70.7 cm³/mol. The van der Waals surface area contributed by atoms with Crippen molar-refractivity contribution in [2.75, 3.05) is 6.26 Å². The zero-order valence-electron chi connectivity index (χ0n) is 10.2. The molecular formula is C13H11NO4S. The van der Waals surface area contributed by atoms with E-state index in [0.29, 0.717) is 11.3 Å². The number of benzene rings is 1. The van der Waals surface area contributed by atoms with Crippen molar-refractivity contribution in [2.24, 2.45) is 0 Å². The Morgan fingerprint density at radius 1 is 1.37 bits per heavy atom. The molecule has 0 N–H and O–H groups in total. The number of rotatable bonds is 4. The molecule has 0 aliphatic rings. The number of hydrogen-bond acceptors (Lipinski definition) is 5. The van der Waals surface area contributed by atoms with E-state index in [4.69, 9.17) is 10.00 Å². The summed E-state index contributed by atoms with van der Waals surface area (Å²) in [7, 11) is -3.54. The molecule has 0 amide bonds. The maximum absolute atomic E-state index is 11.2. The lowest BCUT2D eigenvalue weighted by molar-refractivity contribution is -0.128. The van der Waals surface area contributed by atoms with E-state index in [9.17, 15) is 13.2 Å². The molecule has 0 radical (unpaired) electrons. The average Bonchev–Trinajstić information content (AvgIpc) is 2.36. The van der Waals surface area contributed by atoms with Gasteiger partial charge >= 0.3 is 5.97 Å². The van der Waals surface area contributed by atoms with Gasteiger partial charge in [-0.3, -0.25) is 0 Å². The molecule has 0 saturated heterocycles. The zero-order chi connectivity index (χ0) is 14.5. The Labute approximate surface area is 111 Å². The molecule has 0 unspecified atom stereocenters. The topological polar surface area (TPSA) is 84.2 Å². The molecule has 19 heavy (non-hydrogen) atoms. The third-order valence-electron chi connectivity index (χ3n) is 2.07. The summed E-state index contributed by atoms with van der Waals surface area (Å²) < 4.78 is 27.3. The van der Waals surface area contributed by atoms with E-state index in [1.165, 1.54) is 30.3 Å². The lowest BCUT2D eigenvalue weighted by Crippen LogP contribution is -2.02. The lowest BCUT2D eigenvalue weighted by Gasteiger charge is -2.01. The van der Waals surface area contributed by atoms with Gasteiger partial charge in [-0.05, 0) is 23.8 Å². The summed E-state index contributed by atoms with van der Waals surface area (Å²) >= 11 is 0. The molecule has 98 valence electrons. The highest BCUT2D eigenvalue weighted by Gasteiger charge is 2.10. The van der Waals surface area contributed by atoms with E-state index in [2.05, 4.69) is 6.58 Å². The summed E-state index contributed by atoms with van der Waals surface area (Å²) in [5.41, 5.74) is 0.514. The number of carbonyl (C=O) groups is 1. The minimum Gasteiger partial charge on any atom is -0.423 e. The van der Waals surface area contributed by atoms with Crippen molar-refractivity contribution in [2.45, 2.75) is 0 Å². The van der Waals surface area contributed by atoms with Gasteiger partial charge in [-0.1, -0.05) is 18.7 Å². The number of ether oxygens (including phenoxy) is 1. The Bertz CT molecular complexity index is 664. The smallest absolute Gasteiger partial charge is 0.335 e. The van der Waals surface area contributed by atoms with Crippen molar-refractivity contribution in [3.8, 4) is 11.8 Å². The first kappa shape index (κ1) is 14.7. The van der Waals surface area contributed by atoms with Crippen molar-refractivity contribution in [1.29, 1.82) is 5.26 Å². The number of esters is 1. The van der Waals surface area contributed by atoms with E-state index in [0.717, 1.165) is 12.3 Å². The van der Waals surface area contributed by atoms with Crippen LogP contribution in [-0.4, -0.2) is 20.6 Å². The van der Waals surface area contributed by atoms with Crippen LogP contribution in [0.5, 0.6) is 5.75 Å². The van der Waals surface area contributed by atoms with E-state index in [1.54, 1.807) is 6.07 Å². The maximum atomic E-state index is 11.2. The molecular weight excluding hydrogens is 266 g/mol. The molecule has 6 heteroatoms. The molecule has 0 saturated carbocycles. The average molecular weight is 277 g/mol. The molecule has 0 fully saturated rings. The first-order valence-electron chi connectivity index (χ1n) is 5.13. The molecule has 0 aliphatic carbocycles. The first-order chi connectivity index (χ1) is 8.86. The van der Waals surface area contributed by atoms with Crippen LogP contribution < -0.4 is 4.74 Å². The summed E-state index contributed by atoms with van der Waals surface area (Å²) in [6.45, 7) is 3.27. The van der Waals surface area contributed by atoms with Crippen molar-refractivity contribution < 1.29 is 17.9 Å². The van der Waals surface area contributed by atoms with Gasteiger partial charge in [-0.2, -0.15) is 5.26 Å². The predicted octanol–water partition coefficient (Wildman–Crippen LogP) is 1.69. The summed E-state index contributed by atoms with van der Waals surface area (Å²) in [5, 5.41) is 8.75. The van der Waals surface area contributed by atoms with E-state index < -0.39 is 15.8 Å². The normalized spacial score (nSPS) is 11.5. The quantitative estimate of drug-likeness (QED) is 0.362. The Hall–Kier alpha value is -2.39. The monoisotopic (exact) mass is 277 g/mol. The van der Waals surface area contributed by atoms with Crippen LogP contribution in [0.1, 0.15) is 5.56 Å². The molecule has 0 spiro atoms. The maximum Gasteiger partial charge on any atom is 0.335 e. The zero-order valence-corrected chi connectivity index (χ0v) is 11.0. The van der Waals surface area contributed by atoms with Crippen LogP contribution in [0, 0.1) is 11.3 Å². The highest BCUT2D eigenvalue weighted by atomic mass is 32.2. The number of allylic oxidation sites excluding steroid dienone is 1. The molecule has 0 aromatic heterocycles. The summed E-state index contributed by atoms with van der Waals surface area (Å²) in [5.74, 6) is -0.281. The van der Waals surface area contributed by atoms with Crippen LogP contribution in [0.25, 0.3) is 6.08 Å². The van der Waals surface area contributed by atoms with Gasteiger partial charge in [-0.25, -0.2) is 13.2 Å². The Kier molecular flexibility index (Phi) is 4.62. The Morgan fingerprint density at radius 3 is 2.37 bits per heavy atom. The molecule has 1 aromatic rings. The first-order valence-corrected chi connectivity index (χ1v) is 7.02. The third-order valence-corrected chi connectivity index (χ3v) is 3.08. The Morgan fingerprint density at radius 2 is 1.95 bits per heavy atom. The summed E-state index contributed by atoms with van der Waals surface area (Å²) in [6, 6.07) is 7.67. The second kappa shape index (κ2) is 5.98. The van der Waals surface area contributed by atoms with Crippen LogP contribution in [0.2, 0.25) is 0 Å². The summed E-state index contributed by atoms with van der Waals surface area (Å²) in [6.07, 6.45) is 3.24. The second-order valence-corrected chi connectivity index (χ2v) is 5.57. The third kappa shape index (κ3) is 4.41. The van der Waals surface area contributed by atoms with Gasteiger partial charge < -0.3 is 4.74 Å². The van der Waals surface area contributed by atoms with E-state index >= 15 is 0 Å². The lowest BCUT2D eigenvalue weighted by atomic mass is 10.2. The van der Waals surface area contributed by atoms with Gasteiger partial charge in [0, 0.05) is 12.3 Å². The molecule has 0 atom stereocenters. The molecule has 1 aromatic carbocycles. The highest BCUT2D eigenvalue weighted by molar-refractivity contribution is 7.95. The number of nitrogens with zero attached hydrogens (tertiary/aromatic N) is 1. The minimum atomic E-state index is -3.54. The van der Waals surface area contributed by atoms with Crippen LogP contribution >= 0.6 is 0 Å². The fourth-order valence-corrected chi connectivity index (χ4v) is 1.68. The van der Waals surface area contributed by atoms with Crippen molar-refractivity contribution in [1.82, 2.24) is 0 Å². The molecule has 0 heterocycles. The second-order valence-electron chi connectivity index (χ2n) is 3.59. The molecule has 0 bridgehead atoms. The van der Waals surface area contributed by atoms with Crippen LogP contribution in [0.4, 0.5) is 0 Å². The number of sulfone groups is 1. The van der Waals surface area contributed by atoms with Crippen LogP contribution in [-0.2, 0) is 14.6 Å². The SMILES string of the molecule is C=CC(=O)Oc1ccc(/C=C(\C#N)S(C)(=O)=O)cc1. The number of hydrogen-bond donors (Lipinski definition) is 0. The molecule has 5 nitrogen and oxygen atoms in total. The minimum absolute atomic E-state index is 0.305. The number of carbonyl (C=O) groups excluding carboxylic acids is 1. The van der Waals surface area contributed by atoms with E-state index in [1.807, 2.05) is 0 Å². The van der Waals surface area contributed by atoms with Gasteiger partial charge in [0.1, 0.15) is 16.7 Å². The van der Waals surface area contributed by atoms with Gasteiger partial charge in [-0.15, -0.1) is 0 Å². The van der Waals surface area contributed by atoms with Crippen molar-refractivity contribution in [3.05, 3.63) is 47.4 Å². The molecule has 1 rings (SSSR count). The van der Waals surface area contributed by atoms with Gasteiger partial charge in [0.15, 0.2) is 9.84 Å². The van der Waals surface area contributed by atoms with Gasteiger partial charge in [0.25, 0.3) is 0 Å². The fraction of sp³-hybridized carbons (Fsp3) is 0.0769. The van der Waals surface area contributed by atoms with Crippen molar-refractivity contribution >= 4 is 21.9 Å². The number of nitriles is 1. The highest BCUT2D eigenvalue weighted by Crippen LogP contribution is 2.16. The van der Waals surface area contributed by atoms with Crippen LogP contribution in [0.15, 0.2) is 41.8 Å².